The normalized spacial score (nSPS) is 10.9. The highest BCUT2D eigenvalue weighted by Crippen LogP contribution is 2.36. The quantitative estimate of drug-likeness (QED) is 0.591. The molecule has 1 heterocycles. The second-order valence-corrected chi connectivity index (χ2v) is 5.83. The molecule has 1 N–H and O–H groups in total. The third-order valence-corrected chi connectivity index (χ3v) is 4.24. The van der Waals surface area contributed by atoms with Crippen LogP contribution in [0.15, 0.2) is 42.5 Å². The summed E-state index contributed by atoms with van der Waals surface area (Å²) >= 11 is 6.58. The van der Waals surface area contributed by atoms with E-state index < -0.39 is 0 Å². The summed E-state index contributed by atoms with van der Waals surface area (Å²) in [6, 6.07) is 13.8. The number of nitrogens with one attached hydrogen (secondary N) is 1. The topological polar surface area (TPSA) is 34.2 Å². The van der Waals surface area contributed by atoms with Gasteiger partial charge in [0, 0.05) is 10.9 Å². The van der Waals surface area contributed by atoms with Crippen LogP contribution in [0.3, 0.4) is 0 Å². The fourth-order valence-corrected chi connectivity index (χ4v) is 2.83. The van der Waals surface area contributed by atoms with Crippen molar-refractivity contribution in [3.05, 3.63) is 47.5 Å². The van der Waals surface area contributed by atoms with Gasteiger partial charge in [-0.15, -0.1) is 0 Å². The van der Waals surface area contributed by atoms with Gasteiger partial charge in [0.1, 0.15) is 11.5 Å². The van der Waals surface area contributed by atoms with Crippen LogP contribution in [0.4, 0.5) is 0 Å². The molecule has 2 aromatic carbocycles. The first-order chi connectivity index (χ1) is 11.2. The number of aromatic amines is 1. The number of unbranched alkanes of at least 4 members (excludes halogenated alkanes) is 1. The number of rotatable bonds is 6. The Morgan fingerprint density at radius 3 is 2.48 bits per heavy atom. The van der Waals surface area contributed by atoms with E-state index in [1.807, 2.05) is 42.5 Å². The van der Waals surface area contributed by atoms with Gasteiger partial charge >= 0.3 is 0 Å². The van der Waals surface area contributed by atoms with Crippen molar-refractivity contribution in [2.24, 2.45) is 0 Å². The minimum absolute atomic E-state index is 0.714. The average molecular weight is 330 g/mol. The van der Waals surface area contributed by atoms with Gasteiger partial charge in [-0.05, 0) is 54.4 Å². The van der Waals surface area contributed by atoms with Gasteiger partial charge in [-0.2, -0.15) is 0 Å². The first kappa shape index (κ1) is 15.8. The number of H-pyrrole nitrogens is 1. The third-order valence-electron chi connectivity index (χ3n) is 3.85. The Kier molecular flexibility index (Phi) is 4.77. The van der Waals surface area contributed by atoms with Gasteiger partial charge in [-0.3, -0.25) is 0 Å². The van der Waals surface area contributed by atoms with Gasteiger partial charge in [0.05, 0.1) is 24.4 Å². The molecule has 120 valence electrons. The van der Waals surface area contributed by atoms with E-state index in [1.165, 1.54) is 0 Å². The molecular formula is C19H20ClNO2. The predicted octanol–water partition coefficient (Wildman–Crippen LogP) is 5.68. The molecule has 0 bridgehead atoms. The Bertz CT molecular complexity index is 793. The van der Waals surface area contributed by atoms with Crippen molar-refractivity contribution in [3.8, 4) is 22.8 Å². The summed E-state index contributed by atoms with van der Waals surface area (Å²) < 4.78 is 11.0. The molecule has 3 aromatic rings. The SMILES string of the molecule is CCCCOc1ccc2[nH]c(-c3ccc(OC)cc3)c(Cl)c2c1. The van der Waals surface area contributed by atoms with Crippen LogP contribution in [-0.4, -0.2) is 18.7 Å². The fourth-order valence-electron chi connectivity index (χ4n) is 2.52. The molecule has 0 spiro atoms. The summed E-state index contributed by atoms with van der Waals surface area (Å²) in [7, 11) is 1.66. The number of hydrogen-bond acceptors (Lipinski definition) is 2. The summed E-state index contributed by atoms with van der Waals surface area (Å²) in [6.45, 7) is 2.88. The van der Waals surface area contributed by atoms with Crippen molar-refractivity contribution in [1.29, 1.82) is 0 Å². The number of halogens is 1. The van der Waals surface area contributed by atoms with Crippen molar-refractivity contribution >= 4 is 22.5 Å². The zero-order valence-electron chi connectivity index (χ0n) is 13.4. The monoisotopic (exact) mass is 329 g/mol. The maximum Gasteiger partial charge on any atom is 0.120 e. The van der Waals surface area contributed by atoms with E-state index in [4.69, 9.17) is 21.1 Å². The maximum atomic E-state index is 6.58. The van der Waals surface area contributed by atoms with E-state index in [1.54, 1.807) is 7.11 Å². The molecule has 0 amide bonds. The summed E-state index contributed by atoms with van der Waals surface area (Å²) in [5, 5.41) is 1.69. The summed E-state index contributed by atoms with van der Waals surface area (Å²) in [4.78, 5) is 3.38. The van der Waals surface area contributed by atoms with Crippen LogP contribution in [-0.2, 0) is 0 Å². The van der Waals surface area contributed by atoms with E-state index in [9.17, 15) is 0 Å². The van der Waals surface area contributed by atoms with E-state index in [-0.39, 0.29) is 0 Å². The zero-order chi connectivity index (χ0) is 16.2. The number of ether oxygens (including phenoxy) is 2. The van der Waals surface area contributed by atoms with Crippen molar-refractivity contribution in [2.45, 2.75) is 19.8 Å². The van der Waals surface area contributed by atoms with E-state index in [2.05, 4.69) is 11.9 Å². The Balaban J connectivity index is 1.94. The summed E-state index contributed by atoms with van der Waals surface area (Å²) in [6.07, 6.45) is 2.17. The largest absolute Gasteiger partial charge is 0.497 e. The lowest BCUT2D eigenvalue weighted by Gasteiger charge is -2.05. The van der Waals surface area contributed by atoms with Crippen LogP contribution in [0.2, 0.25) is 5.02 Å². The molecule has 0 radical (unpaired) electrons. The standard InChI is InChI=1S/C19H20ClNO2/c1-3-4-11-23-15-9-10-17-16(12-15)18(20)19(21-17)13-5-7-14(22-2)8-6-13/h5-10,12,21H,3-4,11H2,1-2H3. The van der Waals surface area contributed by atoms with Crippen molar-refractivity contribution in [3.63, 3.8) is 0 Å². The molecular weight excluding hydrogens is 310 g/mol. The molecule has 0 aliphatic carbocycles. The predicted molar refractivity (Wildman–Crippen MR) is 95.7 cm³/mol. The van der Waals surface area contributed by atoms with Gasteiger partial charge < -0.3 is 14.5 Å². The average Bonchev–Trinajstić information content (AvgIpc) is 2.92. The molecule has 0 fully saturated rings. The molecule has 1 aromatic heterocycles. The van der Waals surface area contributed by atoms with Crippen LogP contribution in [0.5, 0.6) is 11.5 Å². The third kappa shape index (κ3) is 3.30. The number of hydrogen-bond donors (Lipinski definition) is 1. The zero-order valence-corrected chi connectivity index (χ0v) is 14.1. The van der Waals surface area contributed by atoms with Gasteiger partial charge in [0.25, 0.3) is 0 Å². The van der Waals surface area contributed by atoms with Crippen molar-refractivity contribution in [1.82, 2.24) is 4.98 Å². The molecule has 0 saturated carbocycles. The van der Waals surface area contributed by atoms with Crippen LogP contribution in [0, 0.1) is 0 Å². The molecule has 3 nitrogen and oxygen atoms in total. The number of benzene rings is 2. The highest BCUT2D eigenvalue weighted by atomic mass is 35.5. The van der Waals surface area contributed by atoms with Crippen LogP contribution >= 0.6 is 11.6 Å². The molecule has 3 rings (SSSR count). The van der Waals surface area contributed by atoms with Gasteiger partial charge in [0.2, 0.25) is 0 Å². The molecule has 0 unspecified atom stereocenters. The smallest absolute Gasteiger partial charge is 0.120 e. The summed E-state index contributed by atoms with van der Waals surface area (Å²) in [5.41, 5.74) is 2.94. The number of fused-ring (bicyclic) bond motifs is 1. The second-order valence-electron chi connectivity index (χ2n) is 5.45. The van der Waals surface area contributed by atoms with Crippen LogP contribution in [0.25, 0.3) is 22.2 Å². The minimum Gasteiger partial charge on any atom is -0.497 e. The second kappa shape index (κ2) is 6.97. The maximum absolute atomic E-state index is 6.58. The highest BCUT2D eigenvalue weighted by Gasteiger charge is 2.12. The first-order valence-electron chi connectivity index (χ1n) is 7.81. The molecule has 0 aliphatic heterocycles. The van der Waals surface area contributed by atoms with Gasteiger partial charge in [0.15, 0.2) is 0 Å². The lowest BCUT2D eigenvalue weighted by atomic mass is 10.1. The molecule has 23 heavy (non-hydrogen) atoms. The van der Waals surface area contributed by atoms with Crippen molar-refractivity contribution in [2.75, 3.05) is 13.7 Å². The lowest BCUT2D eigenvalue weighted by Crippen LogP contribution is -1.95. The Morgan fingerprint density at radius 2 is 1.78 bits per heavy atom. The first-order valence-corrected chi connectivity index (χ1v) is 8.19. The summed E-state index contributed by atoms with van der Waals surface area (Å²) in [5.74, 6) is 1.68. The fraction of sp³-hybridized carbons (Fsp3) is 0.263. The van der Waals surface area contributed by atoms with Gasteiger partial charge in [-0.25, -0.2) is 0 Å². The van der Waals surface area contributed by atoms with E-state index >= 15 is 0 Å². The van der Waals surface area contributed by atoms with Crippen molar-refractivity contribution < 1.29 is 9.47 Å². The molecule has 0 saturated heterocycles. The molecule has 0 aliphatic rings. The lowest BCUT2D eigenvalue weighted by molar-refractivity contribution is 0.310. The number of methoxy groups -OCH3 is 1. The Morgan fingerprint density at radius 1 is 1.04 bits per heavy atom. The Hall–Kier alpha value is -2.13. The van der Waals surface area contributed by atoms with Crippen LogP contribution in [0.1, 0.15) is 19.8 Å². The van der Waals surface area contributed by atoms with Crippen LogP contribution < -0.4 is 9.47 Å². The molecule has 0 atom stereocenters. The number of aromatic nitrogens is 1. The van der Waals surface area contributed by atoms with Gasteiger partial charge in [-0.1, -0.05) is 24.9 Å². The Labute approximate surface area is 141 Å². The highest BCUT2D eigenvalue weighted by molar-refractivity contribution is 6.38. The van der Waals surface area contributed by atoms with E-state index in [0.717, 1.165) is 53.1 Å². The molecule has 4 heteroatoms. The van der Waals surface area contributed by atoms with E-state index in [0.29, 0.717) is 5.02 Å². The minimum atomic E-state index is 0.714.